The second kappa shape index (κ2) is 6.22. The Morgan fingerprint density at radius 2 is 2.15 bits per heavy atom. The van der Waals surface area contributed by atoms with Crippen molar-refractivity contribution in [3.63, 3.8) is 0 Å². The lowest BCUT2D eigenvalue weighted by Crippen LogP contribution is -2.34. The van der Waals surface area contributed by atoms with Crippen molar-refractivity contribution < 1.29 is 19.1 Å². The Morgan fingerprint density at radius 3 is 2.75 bits per heavy atom. The lowest BCUT2D eigenvalue weighted by molar-refractivity contribution is -0.141. The Labute approximate surface area is 120 Å². The number of hydrogen-bond donors (Lipinski definition) is 2. The molecule has 1 amide bonds. The molecule has 1 saturated carbocycles. The molecule has 0 radical (unpaired) electrons. The molecule has 1 aliphatic rings. The zero-order valence-corrected chi connectivity index (χ0v) is 11.5. The van der Waals surface area contributed by atoms with Gasteiger partial charge in [0.25, 0.3) is 0 Å². The summed E-state index contributed by atoms with van der Waals surface area (Å²) < 4.78 is 13.6. The van der Waals surface area contributed by atoms with Gasteiger partial charge >= 0.3 is 5.97 Å². The van der Waals surface area contributed by atoms with Gasteiger partial charge in [-0.25, -0.2) is 4.39 Å². The molecule has 1 aliphatic carbocycles. The highest BCUT2D eigenvalue weighted by molar-refractivity contribution is 6.31. The molecule has 0 saturated heterocycles. The van der Waals surface area contributed by atoms with Gasteiger partial charge < -0.3 is 10.4 Å². The third-order valence-corrected chi connectivity index (χ3v) is 3.90. The smallest absolute Gasteiger partial charge is 0.306 e. The average molecular weight is 300 g/mol. The normalized spacial score (nSPS) is 21.7. The van der Waals surface area contributed by atoms with Crippen molar-refractivity contribution >= 4 is 23.5 Å². The predicted octanol–water partition coefficient (Wildman–Crippen LogP) is 2.39. The van der Waals surface area contributed by atoms with E-state index < -0.39 is 17.7 Å². The number of carbonyl (C=O) groups is 2. The van der Waals surface area contributed by atoms with Gasteiger partial charge in [0.2, 0.25) is 5.91 Å². The van der Waals surface area contributed by atoms with Crippen molar-refractivity contribution in [3.8, 4) is 0 Å². The van der Waals surface area contributed by atoms with E-state index >= 15 is 0 Å². The molecule has 108 valence electrons. The Hall–Kier alpha value is -1.62. The number of benzene rings is 1. The van der Waals surface area contributed by atoms with E-state index in [-0.39, 0.29) is 29.0 Å². The number of carboxylic acid groups (broad SMARTS) is 1. The van der Waals surface area contributed by atoms with Crippen LogP contribution in [0.5, 0.6) is 0 Å². The van der Waals surface area contributed by atoms with Gasteiger partial charge in [0.15, 0.2) is 0 Å². The van der Waals surface area contributed by atoms with Crippen molar-refractivity contribution in [1.82, 2.24) is 5.32 Å². The molecule has 2 rings (SSSR count). The molecule has 20 heavy (non-hydrogen) atoms. The first-order valence-corrected chi connectivity index (χ1v) is 6.80. The van der Waals surface area contributed by atoms with Crippen LogP contribution in [-0.2, 0) is 16.0 Å². The number of amides is 1. The zero-order valence-electron chi connectivity index (χ0n) is 10.7. The molecule has 1 aromatic carbocycles. The van der Waals surface area contributed by atoms with Crippen LogP contribution in [0.4, 0.5) is 4.39 Å². The topological polar surface area (TPSA) is 66.4 Å². The molecule has 0 bridgehead atoms. The second-order valence-electron chi connectivity index (χ2n) is 4.99. The molecular weight excluding hydrogens is 285 g/mol. The van der Waals surface area contributed by atoms with Gasteiger partial charge in [-0.1, -0.05) is 17.7 Å². The summed E-state index contributed by atoms with van der Waals surface area (Å²) >= 11 is 5.86. The van der Waals surface area contributed by atoms with E-state index in [0.29, 0.717) is 19.3 Å². The summed E-state index contributed by atoms with van der Waals surface area (Å²) in [4.78, 5) is 22.7. The Kier molecular flexibility index (Phi) is 4.60. The number of carboxylic acids is 1. The minimum Gasteiger partial charge on any atom is -0.481 e. The fourth-order valence-corrected chi connectivity index (χ4v) is 2.71. The average Bonchev–Trinajstić information content (AvgIpc) is 2.82. The number of carbonyl (C=O) groups excluding carboxylic acids is 1. The zero-order chi connectivity index (χ0) is 14.7. The van der Waals surface area contributed by atoms with Crippen molar-refractivity contribution in [3.05, 3.63) is 34.6 Å². The van der Waals surface area contributed by atoms with Crippen molar-refractivity contribution in [2.24, 2.45) is 5.92 Å². The number of aliphatic carboxylic acids is 1. The third-order valence-electron chi connectivity index (χ3n) is 3.55. The van der Waals surface area contributed by atoms with E-state index in [9.17, 15) is 14.0 Å². The maximum Gasteiger partial charge on any atom is 0.306 e. The minimum absolute atomic E-state index is 0.139. The third kappa shape index (κ3) is 3.48. The molecule has 0 heterocycles. The summed E-state index contributed by atoms with van der Waals surface area (Å²) in [7, 11) is 0. The summed E-state index contributed by atoms with van der Waals surface area (Å²) in [6, 6.07) is 4.11. The first kappa shape index (κ1) is 14.8. The largest absolute Gasteiger partial charge is 0.481 e. The Morgan fingerprint density at radius 1 is 1.40 bits per heavy atom. The maximum absolute atomic E-state index is 13.6. The Balaban J connectivity index is 1.92. The molecule has 4 nitrogen and oxygen atoms in total. The number of halogens is 2. The van der Waals surface area contributed by atoms with E-state index in [4.69, 9.17) is 16.7 Å². The van der Waals surface area contributed by atoms with Crippen LogP contribution in [0.15, 0.2) is 18.2 Å². The van der Waals surface area contributed by atoms with E-state index in [1.54, 1.807) is 0 Å². The van der Waals surface area contributed by atoms with E-state index in [1.807, 2.05) is 0 Å². The number of nitrogens with one attached hydrogen (secondary N) is 1. The predicted molar refractivity (Wildman–Crippen MR) is 72.0 cm³/mol. The van der Waals surface area contributed by atoms with Crippen LogP contribution in [0.3, 0.4) is 0 Å². The summed E-state index contributed by atoms with van der Waals surface area (Å²) in [6.45, 7) is 0. The fraction of sp³-hybridized carbons (Fsp3) is 0.429. The van der Waals surface area contributed by atoms with Gasteiger partial charge in [0.1, 0.15) is 5.82 Å². The second-order valence-corrected chi connectivity index (χ2v) is 5.40. The van der Waals surface area contributed by atoms with Crippen molar-refractivity contribution in [2.45, 2.75) is 31.7 Å². The molecule has 2 N–H and O–H groups in total. The maximum atomic E-state index is 13.6. The summed E-state index contributed by atoms with van der Waals surface area (Å²) in [5.41, 5.74) is 0.166. The quantitative estimate of drug-likeness (QED) is 0.897. The Bertz CT molecular complexity index is 515. The minimum atomic E-state index is -0.834. The van der Waals surface area contributed by atoms with Gasteiger partial charge in [0.05, 0.1) is 12.3 Å². The van der Waals surface area contributed by atoms with Crippen LogP contribution < -0.4 is 5.32 Å². The molecule has 6 heteroatoms. The van der Waals surface area contributed by atoms with Crippen LogP contribution >= 0.6 is 11.6 Å². The molecular formula is C14H15ClFNO3. The SMILES string of the molecule is O=C(Cc1c(F)cccc1Cl)N[C@@H]1CC[C@H](C(=O)O)C1. The highest BCUT2D eigenvalue weighted by Crippen LogP contribution is 2.26. The highest BCUT2D eigenvalue weighted by atomic mass is 35.5. The fourth-order valence-electron chi connectivity index (χ4n) is 2.48. The molecule has 1 fully saturated rings. The van der Waals surface area contributed by atoms with Gasteiger partial charge in [-0.15, -0.1) is 0 Å². The summed E-state index contributed by atoms with van der Waals surface area (Å²) in [5.74, 6) is -2.09. The van der Waals surface area contributed by atoms with Crippen molar-refractivity contribution in [1.29, 1.82) is 0 Å². The monoisotopic (exact) mass is 299 g/mol. The summed E-state index contributed by atoms with van der Waals surface area (Å²) in [6.07, 6.45) is 1.47. The lowest BCUT2D eigenvalue weighted by Gasteiger charge is -2.13. The molecule has 0 aromatic heterocycles. The first-order valence-electron chi connectivity index (χ1n) is 6.42. The van der Waals surface area contributed by atoms with E-state index in [2.05, 4.69) is 5.32 Å². The van der Waals surface area contributed by atoms with Crippen LogP contribution in [0, 0.1) is 11.7 Å². The molecule has 0 unspecified atom stereocenters. The van der Waals surface area contributed by atoms with Crippen LogP contribution in [0.2, 0.25) is 5.02 Å². The highest BCUT2D eigenvalue weighted by Gasteiger charge is 2.30. The van der Waals surface area contributed by atoms with Gasteiger partial charge in [-0.2, -0.15) is 0 Å². The van der Waals surface area contributed by atoms with Gasteiger partial charge in [-0.05, 0) is 31.4 Å². The van der Waals surface area contributed by atoms with Crippen LogP contribution in [-0.4, -0.2) is 23.0 Å². The number of rotatable bonds is 4. The molecule has 2 atom stereocenters. The van der Waals surface area contributed by atoms with E-state index in [1.165, 1.54) is 18.2 Å². The molecule has 1 aromatic rings. The summed E-state index contributed by atoms with van der Waals surface area (Å²) in [5, 5.41) is 11.9. The standard InChI is InChI=1S/C14H15ClFNO3/c15-11-2-1-3-12(16)10(11)7-13(18)17-9-5-4-8(6-9)14(19)20/h1-3,8-9H,4-7H2,(H,17,18)(H,19,20)/t8-,9+/m0/s1. The number of hydrogen-bond acceptors (Lipinski definition) is 2. The van der Waals surface area contributed by atoms with Crippen LogP contribution in [0.1, 0.15) is 24.8 Å². The van der Waals surface area contributed by atoms with Crippen molar-refractivity contribution in [2.75, 3.05) is 0 Å². The first-order chi connectivity index (χ1) is 9.47. The molecule has 0 spiro atoms. The lowest BCUT2D eigenvalue weighted by atomic mass is 10.1. The molecule has 0 aliphatic heterocycles. The van der Waals surface area contributed by atoms with E-state index in [0.717, 1.165) is 0 Å². The van der Waals surface area contributed by atoms with Gasteiger partial charge in [-0.3, -0.25) is 9.59 Å². The van der Waals surface area contributed by atoms with Crippen LogP contribution in [0.25, 0.3) is 0 Å². The van der Waals surface area contributed by atoms with Gasteiger partial charge in [0, 0.05) is 16.6 Å².